The number of benzene rings is 1. The van der Waals surface area contributed by atoms with E-state index >= 15 is 0 Å². The number of aromatic nitrogens is 2. The van der Waals surface area contributed by atoms with E-state index in [1.54, 1.807) is 6.07 Å². The molecule has 0 fully saturated rings. The molecule has 0 saturated carbocycles. The van der Waals surface area contributed by atoms with Crippen molar-refractivity contribution in [3.05, 3.63) is 23.5 Å². The van der Waals surface area contributed by atoms with Gasteiger partial charge < -0.3 is 4.98 Å². The second kappa shape index (κ2) is 18.6. The molecular formula is C27H46KN2O6S2. The van der Waals surface area contributed by atoms with Crippen molar-refractivity contribution in [3.8, 4) is 0 Å². The van der Waals surface area contributed by atoms with Gasteiger partial charge in [-0.1, -0.05) is 90.4 Å². The van der Waals surface area contributed by atoms with Crippen LogP contribution in [0.3, 0.4) is 0 Å². The zero-order chi connectivity index (χ0) is 27.3. The number of unbranched alkanes of at least 4 members (excludes halogenated alkanes) is 13. The summed E-state index contributed by atoms with van der Waals surface area (Å²) >= 11 is 0. The van der Waals surface area contributed by atoms with E-state index in [2.05, 4.69) is 16.9 Å². The summed E-state index contributed by atoms with van der Waals surface area (Å²) < 4.78 is 65.5. The van der Waals surface area contributed by atoms with Gasteiger partial charge in [-0.3, -0.25) is 9.11 Å². The van der Waals surface area contributed by atoms with Gasteiger partial charge in [0.25, 0.3) is 20.2 Å². The zero-order valence-corrected chi connectivity index (χ0v) is 28.3. The Kier molecular flexibility index (Phi) is 17.7. The van der Waals surface area contributed by atoms with Gasteiger partial charge in [-0.2, -0.15) is 16.8 Å². The summed E-state index contributed by atoms with van der Waals surface area (Å²) in [5, 5.41) is -1.06. The summed E-state index contributed by atoms with van der Waals surface area (Å²) in [6.45, 7) is 3.61. The minimum atomic E-state index is -4.50. The first-order chi connectivity index (χ1) is 17.5. The minimum absolute atomic E-state index is 0. The Morgan fingerprint density at radius 2 is 1.29 bits per heavy atom. The molecule has 1 heterocycles. The molecular weight excluding hydrogens is 552 g/mol. The zero-order valence-electron chi connectivity index (χ0n) is 23.5. The van der Waals surface area contributed by atoms with Crippen LogP contribution in [0.4, 0.5) is 0 Å². The number of nitrogens with one attached hydrogen (secondary N) is 1. The Hall–Kier alpha value is 0.146. The van der Waals surface area contributed by atoms with E-state index in [1.165, 1.54) is 90.0 Å². The molecule has 1 atom stereocenters. The largest absolute Gasteiger partial charge is 0.342 e. The normalized spacial score (nSPS) is 13.1. The molecule has 0 aliphatic carbocycles. The first-order valence-electron chi connectivity index (χ1n) is 14.0. The van der Waals surface area contributed by atoms with Gasteiger partial charge in [0.1, 0.15) is 5.82 Å². The van der Waals surface area contributed by atoms with E-state index in [4.69, 9.17) is 0 Å². The van der Waals surface area contributed by atoms with Crippen LogP contribution in [0.5, 0.6) is 0 Å². The predicted molar refractivity (Wildman–Crippen MR) is 155 cm³/mol. The van der Waals surface area contributed by atoms with Gasteiger partial charge in [-0.15, -0.1) is 0 Å². The van der Waals surface area contributed by atoms with Gasteiger partial charge >= 0.3 is 0 Å². The van der Waals surface area contributed by atoms with Crippen LogP contribution in [0.15, 0.2) is 17.0 Å². The quantitative estimate of drug-likeness (QED) is 0.0881. The number of imidazole rings is 1. The molecule has 0 amide bonds. The van der Waals surface area contributed by atoms with Crippen molar-refractivity contribution in [2.24, 2.45) is 0 Å². The van der Waals surface area contributed by atoms with Gasteiger partial charge in [0.15, 0.2) is 0 Å². The fraction of sp³-hybridized carbons (Fsp3) is 0.741. The number of aryl methyl sites for hydroxylation is 2. The van der Waals surface area contributed by atoms with Gasteiger partial charge in [0, 0.05) is 57.8 Å². The van der Waals surface area contributed by atoms with E-state index in [1.807, 2.05) is 0 Å². The average Bonchev–Trinajstić information content (AvgIpc) is 3.24. The maximum Gasteiger partial charge on any atom is 0.294 e. The molecule has 1 aromatic heterocycles. The number of hydrogen-bond donors (Lipinski definition) is 3. The monoisotopic (exact) mass is 597 g/mol. The molecule has 0 aliphatic rings. The molecule has 1 radical (unpaired) electrons. The molecule has 213 valence electrons. The number of nitrogens with zero attached hydrogens (tertiary/aromatic N) is 1. The van der Waals surface area contributed by atoms with Crippen molar-refractivity contribution in [2.45, 2.75) is 133 Å². The molecule has 0 spiro atoms. The fourth-order valence-electron chi connectivity index (χ4n) is 4.76. The number of fused-ring (bicyclic) bond motifs is 1. The number of hydrogen-bond acceptors (Lipinski definition) is 5. The third-order valence-electron chi connectivity index (χ3n) is 7.13. The molecule has 2 aromatic rings. The molecule has 38 heavy (non-hydrogen) atoms. The van der Waals surface area contributed by atoms with Gasteiger partial charge in [-0.05, 0) is 43.9 Å². The smallest absolute Gasteiger partial charge is 0.294 e. The number of rotatable bonds is 20. The third-order valence-corrected chi connectivity index (χ3v) is 9.32. The summed E-state index contributed by atoms with van der Waals surface area (Å²) in [6.07, 6.45) is 18.8. The van der Waals surface area contributed by atoms with Crippen molar-refractivity contribution in [1.29, 1.82) is 0 Å². The Morgan fingerprint density at radius 1 is 0.789 bits per heavy atom. The van der Waals surface area contributed by atoms with Crippen LogP contribution in [0.1, 0.15) is 122 Å². The number of H-pyrrole nitrogens is 1. The maximum absolute atomic E-state index is 11.9. The predicted octanol–water partition coefficient (Wildman–Crippen LogP) is 6.66. The van der Waals surface area contributed by atoms with Crippen molar-refractivity contribution < 1.29 is 25.9 Å². The van der Waals surface area contributed by atoms with E-state index < -0.39 is 25.5 Å². The van der Waals surface area contributed by atoms with Crippen LogP contribution in [0.2, 0.25) is 0 Å². The maximum atomic E-state index is 11.9. The van der Waals surface area contributed by atoms with Crippen LogP contribution in [-0.2, 0) is 33.1 Å². The summed E-state index contributed by atoms with van der Waals surface area (Å²) in [5.41, 5.74) is 1.34. The van der Waals surface area contributed by atoms with Gasteiger partial charge in [0.2, 0.25) is 0 Å². The van der Waals surface area contributed by atoms with Crippen LogP contribution in [0.25, 0.3) is 11.0 Å². The Labute approximate surface area is 272 Å². The Balaban J connectivity index is 0.00000722. The van der Waals surface area contributed by atoms with E-state index in [0.717, 1.165) is 25.1 Å². The van der Waals surface area contributed by atoms with E-state index in [9.17, 15) is 25.9 Å². The third kappa shape index (κ3) is 13.2. The van der Waals surface area contributed by atoms with Crippen molar-refractivity contribution in [3.63, 3.8) is 0 Å². The number of aromatic amines is 1. The molecule has 0 aliphatic heterocycles. The van der Waals surface area contributed by atoms with Gasteiger partial charge in [-0.25, -0.2) is 4.98 Å². The first-order valence-corrected chi connectivity index (χ1v) is 16.9. The van der Waals surface area contributed by atoms with E-state index in [0.29, 0.717) is 11.0 Å². The summed E-state index contributed by atoms with van der Waals surface area (Å²) in [5.74, 6) is 0.741. The molecule has 0 bridgehead atoms. The van der Waals surface area contributed by atoms with Crippen molar-refractivity contribution in [2.75, 3.05) is 0 Å². The summed E-state index contributed by atoms with van der Waals surface area (Å²) in [4.78, 5) is 7.49. The molecule has 11 heteroatoms. The molecule has 1 aromatic carbocycles. The van der Waals surface area contributed by atoms with Crippen LogP contribution < -0.4 is 0 Å². The minimum Gasteiger partial charge on any atom is -0.342 e. The summed E-state index contributed by atoms with van der Waals surface area (Å²) in [6, 6.07) is 2.83. The molecule has 3 N–H and O–H groups in total. The first kappa shape index (κ1) is 36.2. The SMILES string of the molecule is CCCCCCCCCCCCCCCCc1nc2ccc(S(=O)(=O)O)c(CCC(C)S(=O)(=O)O)c2[nH]1.[K]. The molecule has 2 rings (SSSR count). The topological polar surface area (TPSA) is 137 Å². The van der Waals surface area contributed by atoms with Crippen LogP contribution >= 0.6 is 0 Å². The second-order valence-corrected chi connectivity index (χ2v) is 13.5. The molecule has 0 saturated heterocycles. The van der Waals surface area contributed by atoms with Gasteiger partial charge in [0.05, 0.1) is 21.2 Å². The fourth-order valence-corrected chi connectivity index (χ4v) is 5.93. The van der Waals surface area contributed by atoms with Crippen molar-refractivity contribution in [1.82, 2.24) is 9.97 Å². The average molecular weight is 598 g/mol. The van der Waals surface area contributed by atoms with Crippen molar-refractivity contribution >= 4 is 82.7 Å². The Bertz CT molecular complexity index is 1170. The van der Waals surface area contributed by atoms with E-state index in [-0.39, 0.29) is 74.7 Å². The standard InChI is InChI=1S/C27H46N2O6S2.K/c1-3-4-5-6-7-8-9-10-11-12-13-14-15-16-17-26-28-24-20-21-25(37(33,34)35)23(27(24)29-26)19-18-22(2)36(30,31)32;/h20-22H,3-19H2,1-2H3,(H,28,29)(H,30,31,32)(H,33,34,35);. The van der Waals surface area contributed by atoms with Crippen LogP contribution in [-0.4, -0.2) is 92.5 Å². The Morgan fingerprint density at radius 3 is 1.76 bits per heavy atom. The molecule has 1 unspecified atom stereocenters. The second-order valence-electron chi connectivity index (χ2n) is 10.3. The summed E-state index contributed by atoms with van der Waals surface area (Å²) in [7, 11) is -8.74. The van der Waals surface area contributed by atoms with Crippen LogP contribution in [0, 0.1) is 0 Å². The molecule has 8 nitrogen and oxygen atoms in total.